The monoisotopic (exact) mass is 505 g/mol. The summed E-state index contributed by atoms with van der Waals surface area (Å²) >= 11 is 4.58. The number of furan rings is 1. The summed E-state index contributed by atoms with van der Waals surface area (Å²) in [6.45, 7) is 0.266. The largest absolute Gasteiger partial charge is 0.467 e. The molecule has 6 nitrogen and oxygen atoms in total. The van der Waals surface area contributed by atoms with E-state index in [0.29, 0.717) is 38.1 Å². The number of ketones is 1. The van der Waals surface area contributed by atoms with Gasteiger partial charge in [-0.05, 0) is 54.6 Å². The Hall–Kier alpha value is -3.54. The number of hydrogen-bond donors (Lipinski definition) is 2. The summed E-state index contributed by atoms with van der Waals surface area (Å²) in [6.07, 6.45) is 1.55. The number of nitrogens with one attached hydrogen (secondary N) is 2. The van der Waals surface area contributed by atoms with Crippen molar-refractivity contribution in [2.45, 2.75) is 16.5 Å². The molecule has 2 N–H and O–H groups in total. The third-order valence-corrected chi connectivity index (χ3v) is 6.23. The second-order valence-corrected chi connectivity index (χ2v) is 8.70. The highest BCUT2D eigenvalue weighted by atomic mass is 79.9. The van der Waals surface area contributed by atoms with Crippen molar-refractivity contribution in [2.75, 3.05) is 0 Å². The van der Waals surface area contributed by atoms with Gasteiger partial charge in [-0.25, -0.2) is 0 Å². The number of rotatable bonds is 7. The number of hydrogen-bond acceptors (Lipinski definition) is 5. The molecule has 1 amide bonds. The minimum Gasteiger partial charge on any atom is -0.467 e. The summed E-state index contributed by atoms with van der Waals surface area (Å²) in [7, 11) is 0. The van der Waals surface area contributed by atoms with E-state index < -0.39 is 0 Å². The van der Waals surface area contributed by atoms with Crippen LogP contribution in [-0.2, 0) is 6.54 Å². The number of H-pyrrole nitrogens is 1. The molecular formula is C24H16BrN3O3S. The van der Waals surface area contributed by atoms with Crippen molar-refractivity contribution in [1.82, 2.24) is 10.3 Å². The van der Waals surface area contributed by atoms with Crippen LogP contribution in [0.15, 0.2) is 91.8 Å². The maximum atomic E-state index is 12.8. The maximum Gasteiger partial charge on any atom is 0.252 e. The molecule has 2 aromatic carbocycles. The van der Waals surface area contributed by atoms with Gasteiger partial charge in [0, 0.05) is 14.9 Å². The summed E-state index contributed by atoms with van der Waals surface area (Å²) in [4.78, 5) is 29.3. The topological polar surface area (TPSA) is 98.9 Å². The van der Waals surface area contributed by atoms with Gasteiger partial charge in [0.2, 0.25) is 5.78 Å². The van der Waals surface area contributed by atoms with Crippen molar-refractivity contribution in [3.05, 3.63) is 106 Å². The van der Waals surface area contributed by atoms with Gasteiger partial charge in [0.1, 0.15) is 11.8 Å². The predicted octanol–water partition coefficient (Wildman–Crippen LogP) is 5.55. The van der Waals surface area contributed by atoms with Crippen LogP contribution in [0.1, 0.15) is 37.7 Å². The molecule has 158 valence electrons. The number of nitrogens with zero attached hydrogens (tertiary/aromatic N) is 1. The Morgan fingerprint density at radius 3 is 2.59 bits per heavy atom. The van der Waals surface area contributed by atoms with E-state index in [1.165, 1.54) is 17.8 Å². The number of amides is 1. The van der Waals surface area contributed by atoms with Crippen molar-refractivity contribution in [2.24, 2.45) is 0 Å². The molecule has 0 spiro atoms. The van der Waals surface area contributed by atoms with Gasteiger partial charge in [0.05, 0.1) is 34.7 Å². The minimum absolute atomic E-state index is 0.217. The Kier molecular flexibility index (Phi) is 6.59. The van der Waals surface area contributed by atoms with Gasteiger partial charge < -0.3 is 14.7 Å². The van der Waals surface area contributed by atoms with Crippen molar-refractivity contribution >= 4 is 39.4 Å². The van der Waals surface area contributed by atoms with Crippen molar-refractivity contribution < 1.29 is 14.0 Å². The number of aromatic amines is 1. The van der Waals surface area contributed by atoms with Crippen LogP contribution in [0.2, 0.25) is 0 Å². The van der Waals surface area contributed by atoms with Gasteiger partial charge in [-0.2, -0.15) is 5.26 Å². The van der Waals surface area contributed by atoms with E-state index >= 15 is 0 Å². The zero-order chi connectivity index (χ0) is 22.5. The van der Waals surface area contributed by atoms with Crippen LogP contribution in [-0.4, -0.2) is 16.7 Å². The van der Waals surface area contributed by atoms with Crippen LogP contribution < -0.4 is 5.32 Å². The molecule has 8 heteroatoms. The van der Waals surface area contributed by atoms with Crippen LogP contribution in [0.25, 0.3) is 0 Å². The fourth-order valence-electron chi connectivity index (χ4n) is 3.01. The Bertz CT molecular complexity index is 1310. The SMILES string of the molecule is N#Cc1cc(C(=O)c2ccc(Br)cc2)[nH]c1Sc1ccccc1C(=O)NCc1ccco1. The lowest BCUT2D eigenvalue weighted by Crippen LogP contribution is -2.23. The fourth-order valence-corrected chi connectivity index (χ4v) is 4.28. The Labute approximate surface area is 196 Å². The molecule has 0 aliphatic rings. The maximum absolute atomic E-state index is 12.8. The number of halogens is 1. The van der Waals surface area contributed by atoms with E-state index in [0.717, 1.165) is 4.47 Å². The molecular weight excluding hydrogens is 490 g/mol. The van der Waals surface area contributed by atoms with Gasteiger partial charge in [-0.1, -0.05) is 39.8 Å². The molecule has 2 heterocycles. The fraction of sp³-hybridized carbons (Fsp3) is 0.0417. The summed E-state index contributed by atoms with van der Waals surface area (Å²) in [5, 5.41) is 12.9. The molecule has 0 fully saturated rings. The first-order valence-electron chi connectivity index (χ1n) is 9.56. The van der Waals surface area contributed by atoms with Gasteiger partial charge in [-0.15, -0.1) is 0 Å². The lowest BCUT2D eigenvalue weighted by Gasteiger charge is -2.09. The smallest absolute Gasteiger partial charge is 0.252 e. The van der Waals surface area contributed by atoms with Crippen LogP contribution in [0, 0.1) is 11.3 Å². The Morgan fingerprint density at radius 2 is 1.88 bits per heavy atom. The normalized spacial score (nSPS) is 10.5. The van der Waals surface area contributed by atoms with Gasteiger partial charge in [0.25, 0.3) is 5.91 Å². The molecule has 4 rings (SSSR count). The molecule has 32 heavy (non-hydrogen) atoms. The molecule has 0 bridgehead atoms. The van der Waals surface area contributed by atoms with Crippen molar-refractivity contribution in [1.29, 1.82) is 5.26 Å². The average Bonchev–Trinajstić information content (AvgIpc) is 3.48. The Balaban J connectivity index is 1.57. The van der Waals surface area contributed by atoms with Gasteiger partial charge in [-0.3, -0.25) is 9.59 Å². The lowest BCUT2D eigenvalue weighted by molar-refractivity contribution is 0.0944. The quantitative estimate of drug-likeness (QED) is 0.320. The standard InChI is InChI=1S/C24H16BrN3O3S/c25-17-9-7-15(8-10-17)22(29)20-12-16(13-26)24(28-20)32-21-6-2-1-5-19(21)23(30)27-14-18-4-3-11-31-18/h1-12,28H,14H2,(H,27,30). The first-order chi connectivity index (χ1) is 15.5. The van der Waals surface area contributed by atoms with E-state index in [9.17, 15) is 14.9 Å². The minimum atomic E-state index is -0.263. The highest BCUT2D eigenvalue weighted by Crippen LogP contribution is 2.33. The third kappa shape index (κ3) is 4.85. The summed E-state index contributed by atoms with van der Waals surface area (Å²) in [5.74, 6) is 0.168. The number of nitriles is 1. The number of aromatic nitrogens is 1. The molecule has 4 aromatic rings. The van der Waals surface area contributed by atoms with Crippen LogP contribution in [0.5, 0.6) is 0 Å². The van der Waals surface area contributed by atoms with E-state index in [1.807, 2.05) is 6.07 Å². The second kappa shape index (κ2) is 9.73. The van der Waals surface area contributed by atoms with E-state index in [-0.39, 0.29) is 18.2 Å². The lowest BCUT2D eigenvalue weighted by atomic mass is 10.1. The highest BCUT2D eigenvalue weighted by molar-refractivity contribution is 9.10. The average molecular weight is 506 g/mol. The van der Waals surface area contributed by atoms with Crippen LogP contribution in [0.4, 0.5) is 0 Å². The third-order valence-electron chi connectivity index (χ3n) is 4.60. The van der Waals surface area contributed by atoms with Gasteiger partial charge in [0.15, 0.2) is 0 Å². The van der Waals surface area contributed by atoms with E-state index in [1.54, 1.807) is 60.9 Å². The van der Waals surface area contributed by atoms with Crippen LogP contribution >= 0.6 is 27.7 Å². The molecule has 0 atom stereocenters. The van der Waals surface area contributed by atoms with Crippen molar-refractivity contribution in [3.8, 4) is 6.07 Å². The molecule has 0 radical (unpaired) electrons. The van der Waals surface area contributed by atoms with Crippen LogP contribution in [0.3, 0.4) is 0 Å². The molecule has 0 aliphatic carbocycles. The highest BCUT2D eigenvalue weighted by Gasteiger charge is 2.19. The molecule has 2 aromatic heterocycles. The van der Waals surface area contributed by atoms with Crippen molar-refractivity contribution in [3.63, 3.8) is 0 Å². The number of carbonyl (C=O) groups is 2. The zero-order valence-corrected chi connectivity index (χ0v) is 19.0. The summed E-state index contributed by atoms with van der Waals surface area (Å²) in [5.41, 5.74) is 1.61. The molecule has 0 saturated heterocycles. The number of benzene rings is 2. The predicted molar refractivity (Wildman–Crippen MR) is 124 cm³/mol. The summed E-state index contributed by atoms with van der Waals surface area (Å²) in [6, 6.07) is 21.3. The van der Waals surface area contributed by atoms with Gasteiger partial charge >= 0.3 is 0 Å². The zero-order valence-electron chi connectivity index (χ0n) is 16.6. The summed E-state index contributed by atoms with van der Waals surface area (Å²) < 4.78 is 6.12. The molecule has 0 saturated carbocycles. The Morgan fingerprint density at radius 1 is 1.09 bits per heavy atom. The number of carbonyl (C=O) groups excluding carboxylic acids is 2. The second-order valence-electron chi connectivity index (χ2n) is 6.73. The van der Waals surface area contributed by atoms with E-state index in [4.69, 9.17) is 4.42 Å². The van der Waals surface area contributed by atoms with E-state index in [2.05, 4.69) is 32.3 Å². The molecule has 0 aliphatic heterocycles. The molecule has 0 unspecified atom stereocenters. The first kappa shape index (κ1) is 21.7. The first-order valence-corrected chi connectivity index (χ1v) is 11.2.